The zero-order chi connectivity index (χ0) is 10.0. The molecule has 0 aliphatic heterocycles. The Balaban J connectivity index is 2.78. The van der Waals surface area contributed by atoms with Gasteiger partial charge in [-0.2, -0.15) is 0 Å². The minimum Gasteiger partial charge on any atom is -0.480 e. The highest BCUT2D eigenvalue weighted by molar-refractivity contribution is 7.15. The van der Waals surface area contributed by atoms with Crippen LogP contribution in [0.4, 0.5) is 5.13 Å². The van der Waals surface area contributed by atoms with E-state index in [1.54, 1.807) is 18.9 Å². The fourth-order valence-corrected chi connectivity index (χ4v) is 1.49. The van der Waals surface area contributed by atoms with Gasteiger partial charge in [-0.15, -0.1) is 10.2 Å². The summed E-state index contributed by atoms with van der Waals surface area (Å²) < 4.78 is 0. The largest absolute Gasteiger partial charge is 0.480 e. The van der Waals surface area contributed by atoms with Crippen molar-refractivity contribution in [2.45, 2.75) is 19.9 Å². The van der Waals surface area contributed by atoms with Crippen LogP contribution < -0.4 is 4.90 Å². The van der Waals surface area contributed by atoms with E-state index in [2.05, 4.69) is 10.2 Å². The summed E-state index contributed by atoms with van der Waals surface area (Å²) in [5.74, 6) is -0.865. The van der Waals surface area contributed by atoms with Crippen molar-refractivity contribution in [2.75, 3.05) is 11.9 Å². The van der Waals surface area contributed by atoms with E-state index < -0.39 is 12.0 Å². The van der Waals surface area contributed by atoms with Crippen molar-refractivity contribution < 1.29 is 9.90 Å². The van der Waals surface area contributed by atoms with Gasteiger partial charge in [0.25, 0.3) is 0 Å². The van der Waals surface area contributed by atoms with Crippen LogP contribution in [0.5, 0.6) is 0 Å². The summed E-state index contributed by atoms with van der Waals surface area (Å²) in [6, 6.07) is -0.577. The van der Waals surface area contributed by atoms with Gasteiger partial charge in [0.1, 0.15) is 11.0 Å². The molecule has 1 atom stereocenters. The Morgan fingerprint density at radius 1 is 1.62 bits per heavy atom. The van der Waals surface area contributed by atoms with Crippen molar-refractivity contribution in [3.63, 3.8) is 0 Å². The van der Waals surface area contributed by atoms with Crippen molar-refractivity contribution in [1.82, 2.24) is 10.2 Å². The molecule has 1 aromatic rings. The van der Waals surface area contributed by atoms with Gasteiger partial charge in [-0.3, -0.25) is 0 Å². The fraction of sp³-hybridized carbons (Fsp3) is 0.571. The van der Waals surface area contributed by atoms with Crippen LogP contribution in [0.1, 0.15) is 11.9 Å². The van der Waals surface area contributed by atoms with Gasteiger partial charge in [-0.25, -0.2) is 4.79 Å². The molecule has 72 valence electrons. The van der Waals surface area contributed by atoms with E-state index in [1.807, 2.05) is 6.92 Å². The lowest BCUT2D eigenvalue weighted by Crippen LogP contribution is -2.35. The predicted molar refractivity (Wildman–Crippen MR) is 50.1 cm³/mol. The molecule has 0 radical (unpaired) electrons. The Morgan fingerprint density at radius 2 is 2.23 bits per heavy atom. The molecular formula is C7H11N3O2S. The summed E-state index contributed by atoms with van der Waals surface area (Å²) in [5.41, 5.74) is 0. The number of likely N-dealkylation sites (N-methyl/N-ethyl adjacent to an activating group) is 1. The minimum absolute atomic E-state index is 0.577. The van der Waals surface area contributed by atoms with E-state index in [0.29, 0.717) is 5.13 Å². The van der Waals surface area contributed by atoms with Crippen LogP contribution in [-0.2, 0) is 4.79 Å². The first-order valence-corrected chi connectivity index (χ1v) is 4.59. The number of carbonyl (C=O) groups is 1. The lowest BCUT2D eigenvalue weighted by molar-refractivity contribution is -0.138. The maximum atomic E-state index is 10.6. The van der Waals surface area contributed by atoms with Gasteiger partial charge in [-0.1, -0.05) is 11.3 Å². The number of anilines is 1. The second kappa shape index (κ2) is 3.69. The van der Waals surface area contributed by atoms with Crippen LogP contribution in [-0.4, -0.2) is 34.4 Å². The third-order valence-electron chi connectivity index (χ3n) is 1.76. The highest BCUT2D eigenvalue weighted by atomic mass is 32.1. The van der Waals surface area contributed by atoms with Crippen LogP contribution in [0.3, 0.4) is 0 Å². The Bertz CT molecular complexity index is 312. The van der Waals surface area contributed by atoms with Crippen molar-refractivity contribution in [3.05, 3.63) is 5.01 Å². The second-order valence-electron chi connectivity index (χ2n) is 2.73. The summed E-state index contributed by atoms with van der Waals surface area (Å²) in [6.45, 7) is 3.44. The molecule has 0 aliphatic rings. The molecule has 1 aromatic heterocycles. The third kappa shape index (κ3) is 2.15. The fourth-order valence-electron chi connectivity index (χ4n) is 0.760. The number of carboxylic acids is 1. The first kappa shape index (κ1) is 9.91. The molecule has 13 heavy (non-hydrogen) atoms. The Labute approximate surface area is 80.0 Å². The number of carboxylic acid groups (broad SMARTS) is 1. The predicted octanol–water partition coefficient (Wildman–Crippen LogP) is 0.756. The number of hydrogen-bond acceptors (Lipinski definition) is 5. The van der Waals surface area contributed by atoms with Crippen LogP contribution in [0.25, 0.3) is 0 Å². The minimum atomic E-state index is -0.865. The molecule has 0 saturated carbocycles. The quantitative estimate of drug-likeness (QED) is 0.781. The maximum absolute atomic E-state index is 10.6. The van der Waals surface area contributed by atoms with E-state index in [1.165, 1.54) is 11.3 Å². The Hall–Kier alpha value is -1.17. The number of nitrogens with zero attached hydrogens (tertiary/aromatic N) is 3. The average Bonchev–Trinajstić information content (AvgIpc) is 2.49. The van der Waals surface area contributed by atoms with Crippen LogP contribution in [0, 0.1) is 6.92 Å². The Morgan fingerprint density at radius 3 is 2.62 bits per heavy atom. The lowest BCUT2D eigenvalue weighted by Gasteiger charge is -2.19. The summed E-state index contributed by atoms with van der Waals surface area (Å²) in [4.78, 5) is 12.2. The first-order valence-electron chi connectivity index (χ1n) is 3.78. The molecule has 0 aromatic carbocycles. The topological polar surface area (TPSA) is 66.3 Å². The average molecular weight is 201 g/mol. The maximum Gasteiger partial charge on any atom is 0.326 e. The standard InChI is InChI=1S/C7H11N3O2S/c1-4(6(11)12)10(3)7-9-8-5(2)13-7/h4H,1-3H3,(H,11,12). The molecule has 1 heterocycles. The highest BCUT2D eigenvalue weighted by Crippen LogP contribution is 2.19. The molecule has 1 N–H and O–H groups in total. The molecule has 5 nitrogen and oxygen atoms in total. The number of aliphatic carboxylic acids is 1. The van der Waals surface area contributed by atoms with E-state index in [-0.39, 0.29) is 0 Å². The van der Waals surface area contributed by atoms with Crippen molar-refractivity contribution in [3.8, 4) is 0 Å². The highest BCUT2D eigenvalue weighted by Gasteiger charge is 2.19. The van der Waals surface area contributed by atoms with Gasteiger partial charge in [0.15, 0.2) is 0 Å². The molecule has 1 unspecified atom stereocenters. The van der Waals surface area contributed by atoms with Crippen molar-refractivity contribution in [2.24, 2.45) is 0 Å². The third-order valence-corrected chi connectivity index (χ3v) is 2.68. The molecule has 0 spiro atoms. The lowest BCUT2D eigenvalue weighted by atomic mass is 10.3. The van der Waals surface area contributed by atoms with Gasteiger partial charge in [0, 0.05) is 7.05 Å². The molecule has 0 bridgehead atoms. The molecule has 6 heteroatoms. The van der Waals surface area contributed by atoms with Gasteiger partial charge < -0.3 is 10.0 Å². The number of rotatable bonds is 3. The van der Waals surface area contributed by atoms with E-state index in [4.69, 9.17) is 5.11 Å². The van der Waals surface area contributed by atoms with Gasteiger partial charge in [0.05, 0.1) is 0 Å². The van der Waals surface area contributed by atoms with Crippen molar-refractivity contribution in [1.29, 1.82) is 0 Å². The molecule has 0 fully saturated rings. The van der Waals surface area contributed by atoms with Crippen molar-refractivity contribution >= 4 is 22.4 Å². The van der Waals surface area contributed by atoms with Gasteiger partial charge in [0.2, 0.25) is 5.13 Å². The first-order chi connectivity index (χ1) is 6.02. The van der Waals surface area contributed by atoms with E-state index >= 15 is 0 Å². The molecule has 0 amide bonds. The SMILES string of the molecule is Cc1nnc(N(C)C(C)C(=O)O)s1. The molecule has 0 aliphatic carbocycles. The van der Waals surface area contributed by atoms with E-state index in [9.17, 15) is 4.79 Å². The van der Waals surface area contributed by atoms with Crippen LogP contribution in [0.2, 0.25) is 0 Å². The molecule has 1 rings (SSSR count). The summed E-state index contributed by atoms with van der Waals surface area (Å²) >= 11 is 1.38. The summed E-state index contributed by atoms with van der Waals surface area (Å²) in [6.07, 6.45) is 0. The summed E-state index contributed by atoms with van der Waals surface area (Å²) in [7, 11) is 1.69. The van der Waals surface area contributed by atoms with E-state index in [0.717, 1.165) is 5.01 Å². The zero-order valence-electron chi connectivity index (χ0n) is 7.68. The number of aromatic nitrogens is 2. The van der Waals surface area contributed by atoms with Gasteiger partial charge in [-0.05, 0) is 13.8 Å². The molecule has 0 saturated heterocycles. The number of aryl methyl sites for hydroxylation is 1. The Kier molecular flexibility index (Phi) is 2.82. The van der Waals surface area contributed by atoms with Gasteiger partial charge >= 0.3 is 5.97 Å². The smallest absolute Gasteiger partial charge is 0.326 e. The summed E-state index contributed by atoms with van der Waals surface area (Å²) in [5, 5.41) is 17.9. The monoisotopic (exact) mass is 201 g/mol. The normalized spacial score (nSPS) is 12.5. The van der Waals surface area contributed by atoms with Crippen LogP contribution in [0.15, 0.2) is 0 Å². The number of hydrogen-bond donors (Lipinski definition) is 1. The van der Waals surface area contributed by atoms with Crippen LogP contribution >= 0.6 is 11.3 Å². The molecular weight excluding hydrogens is 190 g/mol. The second-order valence-corrected chi connectivity index (χ2v) is 3.89. The zero-order valence-corrected chi connectivity index (χ0v) is 8.50.